The Morgan fingerprint density at radius 1 is 1.28 bits per heavy atom. The van der Waals surface area contributed by atoms with Crippen molar-refractivity contribution in [3.05, 3.63) is 52.9 Å². The lowest BCUT2D eigenvalue weighted by Crippen LogP contribution is -2.45. The molecule has 1 aliphatic rings. The highest BCUT2D eigenvalue weighted by molar-refractivity contribution is 7.91. The summed E-state index contributed by atoms with van der Waals surface area (Å²) in [5.41, 5.74) is -0.436. The monoisotopic (exact) mass is 446 g/mol. The third-order valence-corrected chi connectivity index (χ3v) is 8.16. The van der Waals surface area contributed by atoms with Gasteiger partial charge in [-0.1, -0.05) is 18.2 Å². The first-order valence-corrected chi connectivity index (χ1v) is 11.4. The number of hydrogen-bond acceptors (Lipinski definition) is 4. The molecule has 1 aromatic heterocycles. The molecule has 1 aliphatic heterocycles. The predicted molar refractivity (Wildman–Crippen MR) is 104 cm³/mol. The highest BCUT2D eigenvalue weighted by Crippen LogP contribution is 2.31. The van der Waals surface area contributed by atoms with Crippen LogP contribution in [0.1, 0.15) is 36.9 Å². The van der Waals surface area contributed by atoms with Gasteiger partial charge in [0.2, 0.25) is 5.91 Å². The minimum absolute atomic E-state index is 0.0569. The second kappa shape index (κ2) is 8.45. The van der Waals surface area contributed by atoms with E-state index in [1.165, 1.54) is 22.5 Å². The maximum absolute atomic E-state index is 12.9. The second-order valence-electron chi connectivity index (χ2n) is 6.99. The number of benzene rings is 1. The SMILES string of the molecule is CC(NC(=O)C1CCCN(S(=O)(=O)c2cccs2)C1)c1cccc(C(F)(F)F)c1. The van der Waals surface area contributed by atoms with E-state index in [2.05, 4.69) is 5.32 Å². The van der Waals surface area contributed by atoms with Crippen molar-refractivity contribution >= 4 is 27.3 Å². The number of rotatable bonds is 5. The van der Waals surface area contributed by atoms with E-state index in [0.717, 1.165) is 23.5 Å². The van der Waals surface area contributed by atoms with Gasteiger partial charge in [0.05, 0.1) is 17.5 Å². The van der Waals surface area contributed by atoms with E-state index < -0.39 is 33.7 Å². The number of alkyl halides is 3. The Kier molecular flexibility index (Phi) is 6.35. The predicted octanol–water partition coefficient (Wildman–Crippen LogP) is 4.05. The number of nitrogens with one attached hydrogen (secondary N) is 1. The first-order chi connectivity index (χ1) is 13.6. The van der Waals surface area contributed by atoms with E-state index >= 15 is 0 Å². The van der Waals surface area contributed by atoms with E-state index in [0.29, 0.717) is 24.9 Å². The minimum atomic E-state index is -4.46. The largest absolute Gasteiger partial charge is 0.416 e. The molecule has 0 saturated carbocycles. The molecule has 1 amide bonds. The molecular weight excluding hydrogens is 425 g/mol. The molecule has 2 atom stereocenters. The number of nitrogens with zero attached hydrogens (tertiary/aromatic N) is 1. The van der Waals surface area contributed by atoms with Gasteiger partial charge < -0.3 is 5.32 Å². The molecule has 158 valence electrons. The van der Waals surface area contributed by atoms with Crippen molar-refractivity contribution in [2.45, 2.75) is 36.2 Å². The van der Waals surface area contributed by atoms with E-state index in [1.807, 2.05) is 0 Å². The Morgan fingerprint density at radius 2 is 2.03 bits per heavy atom. The van der Waals surface area contributed by atoms with Crippen molar-refractivity contribution in [1.29, 1.82) is 0 Å². The Labute approximate surface area is 171 Å². The van der Waals surface area contributed by atoms with E-state index in [4.69, 9.17) is 0 Å². The van der Waals surface area contributed by atoms with Crippen molar-refractivity contribution in [2.24, 2.45) is 5.92 Å². The van der Waals surface area contributed by atoms with Crippen LogP contribution in [0, 0.1) is 5.92 Å². The van der Waals surface area contributed by atoms with Crippen LogP contribution in [0.15, 0.2) is 46.0 Å². The molecule has 5 nitrogen and oxygen atoms in total. The zero-order chi connectivity index (χ0) is 21.2. The molecule has 3 rings (SSSR count). The van der Waals surface area contributed by atoms with Crippen LogP contribution in [-0.4, -0.2) is 31.7 Å². The van der Waals surface area contributed by atoms with Crippen LogP contribution in [0.2, 0.25) is 0 Å². The Morgan fingerprint density at radius 3 is 2.69 bits per heavy atom. The molecule has 0 bridgehead atoms. The summed E-state index contributed by atoms with van der Waals surface area (Å²) in [6, 6.07) is 7.37. The summed E-state index contributed by atoms with van der Waals surface area (Å²) >= 11 is 1.12. The standard InChI is InChI=1S/C19H21F3N2O3S2/c1-13(14-5-2-7-16(11-14)19(20,21)22)23-18(25)15-6-3-9-24(12-15)29(26,27)17-8-4-10-28-17/h2,4-5,7-8,10-11,13,15H,3,6,9,12H2,1H3,(H,23,25). The normalized spacial score (nSPS) is 19.7. The maximum Gasteiger partial charge on any atom is 0.416 e. The number of thiophene rings is 1. The zero-order valence-electron chi connectivity index (χ0n) is 15.6. The van der Waals surface area contributed by atoms with Gasteiger partial charge in [-0.05, 0) is 48.9 Å². The number of piperidine rings is 1. The Hall–Kier alpha value is -1.91. The van der Waals surface area contributed by atoms with Gasteiger partial charge in [0.25, 0.3) is 10.0 Å². The summed E-state index contributed by atoms with van der Waals surface area (Å²) in [5.74, 6) is -0.910. The average molecular weight is 447 g/mol. The van der Waals surface area contributed by atoms with Crippen LogP contribution >= 0.6 is 11.3 Å². The molecule has 1 N–H and O–H groups in total. The number of carbonyl (C=O) groups excluding carboxylic acids is 1. The minimum Gasteiger partial charge on any atom is -0.349 e. The van der Waals surface area contributed by atoms with Crippen molar-refractivity contribution in [1.82, 2.24) is 9.62 Å². The van der Waals surface area contributed by atoms with E-state index in [-0.39, 0.29) is 16.7 Å². The summed E-state index contributed by atoms with van der Waals surface area (Å²) in [6.07, 6.45) is -3.39. The molecule has 1 fully saturated rings. The molecule has 1 saturated heterocycles. The number of halogens is 3. The van der Waals surface area contributed by atoms with E-state index in [1.54, 1.807) is 18.4 Å². The summed E-state index contributed by atoms with van der Waals surface area (Å²) in [5, 5.41) is 4.40. The molecule has 0 aliphatic carbocycles. The summed E-state index contributed by atoms with van der Waals surface area (Å²) in [6.45, 7) is 2.00. The lowest BCUT2D eigenvalue weighted by Gasteiger charge is -2.31. The molecule has 29 heavy (non-hydrogen) atoms. The van der Waals surface area contributed by atoms with Gasteiger partial charge in [-0.2, -0.15) is 17.5 Å². The summed E-state index contributed by atoms with van der Waals surface area (Å²) < 4.78 is 65.6. The molecule has 2 aromatic rings. The van der Waals surface area contributed by atoms with Crippen LogP contribution < -0.4 is 5.32 Å². The van der Waals surface area contributed by atoms with E-state index in [9.17, 15) is 26.4 Å². The highest BCUT2D eigenvalue weighted by atomic mass is 32.2. The number of sulfonamides is 1. The van der Waals surface area contributed by atoms with Crippen LogP contribution in [-0.2, 0) is 21.0 Å². The second-order valence-corrected chi connectivity index (χ2v) is 10.1. The van der Waals surface area contributed by atoms with Gasteiger partial charge in [0, 0.05) is 13.1 Å². The smallest absolute Gasteiger partial charge is 0.349 e. The van der Waals surface area contributed by atoms with Gasteiger partial charge in [-0.15, -0.1) is 11.3 Å². The first kappa shape index (κ1) is 21.8. The van der Waals surface area contributed by atoms with Crippen molar-refractivity contribution < 1.29 is 26.4 Å². The molecule has 0 spiro atoms. The molecular formula is C19H21F3N2O3S2. The summed E-state index contributed by atoms with van der Waals surface area (Å²) in [7, 11) is -3.64. The number of hydrogen-bond donors (Lipinski definition) is 1. The van der Waals surface area contributed by atoms with Crippen LogP contribution in [0.4, 0.5) is 13.2 Å². The summed E-state index contributed by atoms with van der Waals surface area (Å²) in [4.78, 5) is 12.7. The van der Waals surface area contributed by atoms with Crippen LogP contribution in [0.25, 0.3) is 0 Å². The van der Waals surface area contributed by atoms with Crippen molar-refractivity contribution in [3.63, 3.8) is 0 Å². The molecule has 2 unspecified atom stereocenters. The topological polar surface area (TPSA) is 66.5 Å². The van der Waals surface area contributed by atoms with Gasteiger partial charge in [0.15, 0.2) is 0 Å². The van der Waals surface area contributed by atoms with Crippen molar-refractivity contribution in [2.75, 3.05) is 13.1 Å². The molecule has 1 aromatic carbocycles. The van der Waals surface area contributed by atoms with Gasteiger partial charge in [-0.25, -0.2) is 8.42 Å². The highest BCUT2D eigenvalue weighted by Gasteiger charge is 2.34. The van der Waals surface area contributed by atoms with Gasteiger partial charge in [-0.3, -0.25) is 4.79 Å². The molecule has 0 radical (unpaired) electrons. The Balaban J connectivity index is 1.68. The fourth-order valence-corrected chi connectivity index (χ4v) is 5.98. The third-order valence-electron chi connectivity index (χ3n) is 4.92. The van der Waals surface area contributed by atoms with Crippen LogP contribution in [0.5, 0.6) is 0 Å². The fraction of sp³-hybridized carbons (Fsp3) is 0.421. The third kappa shape index (κ3) is 4.99. The number of amides is 1. The zero-order valence-corrected chi connectivity index (χ0v) is 17.3. The lowest BCUT2D eigenvalue weighted by molar-refractivity contribution is -0.137. The number of carbonyl (C=O) groups is 1. The average Bonchev–Trinajstić information content (AvgIpc) is 3.23. The fourth-order valence-electron chi connectivity index (χ4n) is 3.31. The maximum atomic E-state index is 12.9. The van der Waals surface area contributed by atoms with Gasteiger partial charge >= 0.3 is 6.18 Å². The lowest BCUT2D eigenvalue weighted by atomic mass is 9.97. The quantitative estimate of drug-likeness (QED) is 0.754. The molecule has 2 heterocycles. The molecule has 10 heteroatoms. The Bertz CT molecular complexity index is 959. The van der Waals surface area contributed by atoms with Crippen molar-refractivity contribution in [3.8, 4) is 0 Å². The van der Waals surface area contributed by atoms with Crippen LogP contribution in [0.3, 0.4) is 0 Å². The van der Waals surface area contributed by atoms with Gasteiger partial charge in [0.1, 0.15) is 4.21 Å². The first-order valence-electron chi connectivity index (χ1n) is 9.10.